The highest BCUT2D eigenvalue weighted by atomic mass is 35.5. The molecule has 128 valence electrons. The number of halogens is 2. The molecule has 2 fully saturated rings. The van der Waals surface area contributed by atoms with E-state index < -0.39 is 0 Å². The molecule has 2 aliphatic heterocycles. The monoisotopic (exact) mass is 341 g/mol. The van der Waals surface area contributed by atoms with E-state index in [2.05, 4.69) is 12.2 Å². The van der Waals surface area contributed by atoms with E-state index in [1.807, 2.05) is 15.9 Å². The maximum atomic E-state index is 13.8. The molecule has 0 bridgehead atoms. The molecule has 1 aromatic rings. The minimum absolute atomic E-state index is 0. The van der Waals surface area contributed by atoms with Crippen molar-refractivity contribution < 1.29 is 9.18 Å². The summed E-state index contributed by atoms with van der Waals surface area (Å²) in [7, 11) is 0. The van der Waals surface area contributed by atoms with Crippen molar-refractivity contribution in [3.63, 3.8) is 0 Å². The summed E-state index contributed by atoms with van der Waals surface area (Å²) in [5.74, 6) is 0.161. The number of anilines is 1. The molecule has 2 saturated heterocycles. The Morgan fingerprint density at radius 2 is 1.91 bits per heavy atom. The molecule has 0 aromatic heterocycles. The van der Waals surface area contributed by atoms with Crippen LogP contribution in [0.15, 0.2) is 24.3 Å². The van der Waals surface area contributed by atoms with Crippen LogP contribution in [-0.4, -0.2) is 49.6 Å². The van der Waals surface area contributed by atoms with Crippen molar-refractivity contribution in [1.82, 2.24) is 10.2 Å². The van der Waals surface area contributed by atoms with Gasteiger partial charge in [0.1, 0.15) is 5.82 Å². The van der Waals surface area contributed by atoms with Gasteiger partial charge in [-0.2, -0.15) is 0 Å². The minimum Gasteiger partial charge on any atom is -0.366 e. The topological polar surface area (TPSA) is 35.6 Å². The summed E-state index contributed by atoms with van der Waals surface area (Å²) in [4.78, 5) is 16.6. The molecule has 6 heteroatoms. The van der Waals surface area contributed by atoms with Crippen LogP contribution in [0.1, 0.15) is 19.8 Å². The summed E-state index contributed by atoms with van der Waals surface area (Å²) in [5.41, 5.74) is 0.641. The average Bonchev–Trinajstić information content (AvgIpc) is 2.55. The van der Waals surface area contributed by atoms with E-state index in [9.17, 15) is 9.18 Å². The lowest BCUT2D eigenvalue weighted by Crippen LogP contribution is -2.54. The van der Waals surface area contributed by atoms with Crippen molar-refractivity contribution in [2.45, 2.75) is 25.8 Å². The Labute approximate surface area is 143 Å². The fourth-order valence-electron chi connectivity index (χ4n) is 3.49. The quantitative estimate of drug-likeness (QED) is 0.896. The van der Waals surface area contributed by atoms with Crippen molar-refractivity contribution in [1.29, 1.82) is 0 Å². The van der Waals surface area contributed by atoms with Crippen LogP contribution in [0.3, 0.4) is 0 Å². The lowest BCUT2D eigenvalue weighted by Gasteiger charge is -2.39. The van der Waals surface area contributed by atoms with Gasteiger partial charge in [-0.25, -0.2) is 4.39 Å². The molecule has 1 N–H and O–H groups in total. The second kappa shape index (κ2) is 7.97. The van der Waals surface area contributed by atoms with Crippen LogP contribution < -0.4 is 10.2 Å². The van der Waals surface area contributed by atoms with Gasteiger partial charge in [0, 0.05) is 32.2 Å². The number of hydrogen-bond acceptors (Lipinski definition) is 3. The molecule has 2 aliphatic rings. The van der Waals surface area contributed by atoms with Gasteiger partial charge in [-0.3, -0.25) is 4.79 Å². The van der Waals surface area contributed by atoms with Gasteiger partial charge in [-0.15, -0.1) is 12.4 Å². The predicted molar refractivity (Wildman–Crippen MR) is 92.6 cm³/mol. The zero-order chi connectivity index (χ0) is 15.5. The number of rotatable bonds is 2. The Kier molecular flexibility index (Phi) is 6.25. The molecule has 2 heterocycles. The van der Waals surface area contributed by atoms with Crippen molar-refractivity contribution in [3.05, 3.63) is 30.1 Å². The van der Waals surface area contributed by atoms with E-state index in [0.717, 1.165) is 19.4 Å². The highest BCUT2D eigenvalue weighted by Gasteiger charge is 2.32. The molecule has 23 heavy (non-hydrogen) atoms. The second-order valence-electron chi connectivity index (χ2n) is 6.26. The van der Waals surface area contributed by atoms with Crippen LogP contribution in [0.2, 0.25) is 0 Å². The first kappa shape index (κ1) is 18.0. The van der Waals surface area contributed by atoms with Crippen LogP contribution in [0.4, 0.5) is 10.1 Å². The summed E-state index contributed by atoms with van der Waals surface area (Å²) in [6, 6.07) is 7.11. The molecular weight excluding hydrogens is 317 g/mol. The Morgan fingerprint density at radius 1 is 1.22 bits per heavy atom. The fourth-order valence-corrected chi connectivity index (χ4v) is 3.49. The summed E-state index contributed by atoms with van der Waals surface area (Å²) < 4.78 is 13.8. The molecule has 0 spiro atoms. The normalized spacial score (nSPS) is 25.0. The molecule has 1 amide bonds. The van der Waals surface area contributed by atoms with Crippen molar-refractivity contribution in [2.75, 3.05) is 37.6 Å². The molecule has 0 radical (unpaired) electrons. The highest BCUT2D eigenvalue weighted by Crippen LogP contribution is 2.23. The number of piperazine rings is 1. The Balaban J connectivity index is 0.00000192. The maximum Gasteiger partial charge on any atom is 0.227 e. The standard InChI is InChI=1S/C17H24FN3O.ClH/c1-13-14(5-4-8-19-13)17(22)21-11-9-20(10-12-21)16-7-3-2-6-15(16)18;/h2-3,6-7,13-14,19H,4-5,8-12H2,1H3;1H. The molecule has 2 unspecified atom stereocenters. The largest absolute Gasteiger partial charge is 0.366 e. The van der Waals surface area contributed by atoms with Gasteiger partial charge in [0.2, 0.25) is 5.91 Å². The highest BCUT2D eigenvalue weighted by molar-refractivity contribution is 5.85. The average molecular weight is 342 g/mol. The number of hydrogen-bond donors (Lipinski definition) is 1. The van der Waals surface area contributed by atoms with E-state index in [0.29, 0.717) is 31.9 Å². The smallest absolute Gasteiger partial charge is 0.227 e. The molecule has 4 nitrogen and oxygen atoms in total. The zero-order valence-electron chi connectivity index (χ0n) is 13.5. The third-order valence-electron chi connectivity index (χ3n) is 4.86. The van der Waals surface area contributed by atoms with Crippen LogP contribution in [0, 0.1) is 11.7 Å². The van der Waals surface area contributed by atoms with Gasteiger partial charge in [0.15, 0.2) is 0 Å². The second-order valence-corrected chi connectivity index (χ2v) is 6.26. The minimum atomic E-state index is -0.188. The first-order valence-corrected chi connectivity index (χ1v) is 8.18. The van der Waals surface area contributed by atoms with E-state index in [4.69, 9.17) is 0 Å². The summed E-state index contributed by atoms with van der Waals surface area (Å²) in [6.07, 6.45) is 2.04. The van der Waals surface area contributed by atoms with Gasteiger partial charge < -0.3 is 15.1 Å². The number of amides is 1. The van der Waals surface area contributed by atoms with E-state index in [1.165, 1.54) is 6.07 Å². The third-order valence-corrected chi connectivity index (χ3v) is 4.86. The molecular formula is C17H25ClFN3O. The third kappa shape index (κ3) is 3.96. The van der Waals surface area contributed by atoms with Gasteiger partial charge in [0.25, 0.3) is 0 Å². The van der Waals surface area contributed by atoms with Crippen molar-refractivity contribution in [2.24, 2.45) is 5.92 Å². The number of piperidine rings is 1. The zero-order valence-corrected chi connectivity index (χ0v) is 14.3. The number of para-hydroxylation sites is 1. The Hall–Kier alpha value is -1.33. The first-order chi connectivity index (χ1) is 10.7. The number of nitrogens with zero attached hydrogens (tertiary/aromatic N) is 2. The van der Waals surface area contributed by atoms with Crippen LogP contribution in [0.5, 0.6) is 0 Å². The molecule has 0 saturated carbocycles. The van der Waals surface area contributed by atoms with Crippen molar-refractivity contribution >= 4 is 24.0 Å². The van der Waals surface area contributed by atoms with Gasteiger partial charge >= 0.3 is 0 Å². The predicted octanol–water partition coefficient (Wildman–Crippen LogP) is 2.28. The number of carbonyl (C=O) groups is 1. The SMILES string of the molecule is CC1NCCCC1C(=O)N1CCN(c2ccccc2F)CC1.Cl. The number of benzene rings is 1. The van der Waals surface area contributed by atoms with Gasteiger partial charge in [-0.1, -0.05) is 12.1 Å². The van der Waals surface area contributed by atoms with Crippen LogP contribution >= 0.6 is 12.4 Å². The molecule has 2 atom stereocenters. The summed E-state index contributed by atoms with van der Waals surface area (Å²) >= 11 is 0. The van der Waals surface area contributed by atoms with Crippen LogP contribution in [0.25, 0.3) is 0 Å². The summed E-state index contributed by atoms with van der Waals surface area (Å²) in [6.45, 7) is 5.85. The molecule has 0 aliphatic carbocycles. The maximum absolute atomic E-state index is 13.8. The summed E-state index contributed by atoms with van der Waals surface area (Å²) in [5, 5.41) is 3.39. The van der Waals surface area contributed by atoms with Gasteiger partial charge in [-0.05, 0) is 38.4 Å². The van der Waals surface area contributed by atoms with Gasteiger partial charge in [0.05, 0.1) is 11.6 Å². The Bertz CT molecular complexity index is 534. The lowest BCUT2D eigenvalue weighted by molar-refractivity contribution is -0.137. The van der Waals surface area contributed by atoms with Crippen molar-refractivity contribution in [3.8, 4) is 0 Å². The Morgan fingerprint density at radius 3 is 2.57 bits per heavy atom. The van der Waals surface area contributed by atoms with E-state index in [-0.39, 0.29) is 36.1 Å². The number of carbonyl (C=O) groups excluding carboxylic acids is 1. The lowest BCUT2D eigenvalue weighted by atomic mass is 9.90. The van der Waals surface area contributed by atoms with Crippen LogP contribution in [-0.2, 0) is 4.79 Å². The first-order valence-electron chi connectivity index (χ1n) is 8.18. The molecule has 1 aromatic carbocycles. The van der Waals surface area contributed by atoms with E-state index in [1.54, 1.807) is 12.1 Å². The fraction of sp³-hybridized carbons (Fsp3) is 0.588. The molecule has 3 rings (SSSR count). The van der Waals surface area contributed by atoms with E-state index >= 15 is 0 Å². The number of nitrogens with one attached hydrogen (secondary N) is 1.